The zero-order valence-electron chi connectivity index (χ0n) is 8.98. The van der Waals surface area contributed by atoms with Gasteiger partial charge >= 0.3 is 0 Å². The molecule has 2 N–H and O–H groups in total. The van der Waals surface area contributed by atoms with Gasteiger partial charge in [0.2, 0.25) is 0 Å². The smallest absolute Gasteiger partial charge is 0.0972 e. The van der Waals surface area contributed by atoms with E-state index >= 15 is 0 Å². The Morgan fingerprint density at radius 1 is 1.50 bits per heavy atom. The predicted octanol–water partition coefficient (Wildman–Crippen LogP) is 3.52. The summed E-state index contributed by atoms with van der Waals surface area (Å²) in [6.07, 6.45) is 2.75. The molecule has 0 fully saturated rings. The van der Waals surface area contributed by atoms with Crippen LogP contribution in [0.2, 0.25) is 0 Å². The number of nitrogens with zero attached hydrogens (tertiary/aromatic N) is 1. The first-order valence-corrected chi connectivity index (χ1v) is 6.71. The van der Waals surface area contributed by atoms with Crippen molar-refractivity contribution >= 4 is 27.3 Å². The lowest BCUT2D eigenvalue weighted by Crippen LogP contribution is -2.01. The van der Waals surface area contributed by atoms with Gasteiger partial charge in [0.05, 0.1) is 5.01 Å². The minimum atomic E-state index is 0.0776. The van der Waals surface area contributed by atoms with E-state index in [1.165, 1.54) is 5.56 Å². The average molecular weight is 297 g/mol. The highest BCUT2D eigenvalue weighted by molar-refractivity contribution is 9.10. The maximum absolute atomic E-state index is 5.81. The van der Waals surface area contributed by atoms with E-state index < -0.39 is 0 Å². The fourth-order valence-electron chi connectivity index (χ4n) is 1.44. The maximum atomic E-state index is 5.81. The number of aromatic nitrogens is 1. The Morgan fingerprint density at radius 3 is 2.94 bits per heavy atom. The van der Waals surface area contributed by atoms with Crippen LogP contribution in [0.1, 0.15) is 28.4 Å². The van der Waals surface area contributed by atoms with Gasteiger partial charge < -0.3 is 5.73 Å². The molecule has 84 valence electrons. The summed E-state index contributed by atoms with van der Waals surface area (Å²) in [6, 6.07) is 8.37. The van der Waals surface area contributed by atoms with Gasteiger partial charge in [-0.3, -0.25) is 0 Å². The van der Waals surface area contributed by atoms with Crippen LogP contribution in [0.5, 0.6) is 0 Å². The third-order valence-corrected chi connectivity index (χ3v) is 3.96. The van der Waals surface area contributed by atoms with Crippen molar-refractivity contribution in [2.45, 2.75) is 19.4 Å². The van der Waals surface area contributed by atoms with Crippen LogP contribution < -0.4 is 5.73 Å². The number of benzene rings is 1. The topological polar surface area (TPSA) is 38.9 Å². The average Bonchev–Trinajstić information content (AvgIpc) is 2.66. The predicted molar refractivity (Wildman–Crippen MR) is 71.7 cm³/mol. The molecule has 1 aromatic heterocycles. The third-order valence-electron chi connectivity index (χ3n) is 2.26. The number of thiazole rings is 1. The van der Waals surface area contributed by atoms with Crippen molar-refractivity contribution in [3.63, 3.8) is 0 Å². The molecule has 16 heavy (non-hydrogen) atoms. The largest absolute Gasteiger partial charge is 0.323 e. The van der Waals surface area contributed by atoms with Crippen molar-refractivity contribution in [3.8, 4) is 0 Å². The Bertz CT molecular complexity index is 479. The minimum absolute atomic E-state index is 0.0776. The highest BCUT2D eigenvalue weighted by Gasteiger charge is 2.06. The molecule has 4 heteroatoms. The Hall–Kier alpha value is -0.710. The van der Waals surface area contributed by atoms with Crippen molar-refractivity contribution in [2.24, 2.45) is 5.73 Å². The van der Waals surface area contributed by atoms with Crippen LogP contribution in [-0.4, -0.2) is 4.98 Å². The molecule has 0 aliphatic carbocycles. The lowest BCUT2D eigenvalue weighted by Gasteiger charge is -1.99. The molecule has 1 heterocycles. The monoisotopic (exact) mass is 296 g/mol. The molecule has 0 spiro atoms. The molecule has 0 aliphatic rings. The van der Waals surface area contributed by atoms with Crippen LogP contribution in [0.4, 0.5) is 0 Å². The van der Waals surface area contributed by atoms with Gasteiger partial charge in [-0.2, -0.15) is 0 Å². The number of nitrogens with two attached hydrogens (primary N) is 1. The van der Waals surface area contributed by atoms with Crippen LogP contribution in [0, 0.1) is 0 Å². The summed E-state index contributed by atoms with van der Waals surface area (Å²) in [6.45, 7) is 1.98. The van der Waals surface area contributed by atoms with Crippen molar-refractivity contribution in [3.05, 3.63) is 50.4 Å². The van der Waals surface area contributed by atoms with Crippen LogP contribution >= 0.6 is 27.3 Å². The molecule has 0 aliphatic heterocycles. The highest BCUT2D eigenvalue weighted by atomic mass is 79.9. The van der Waals surface area contributed by atoms with Gasteiger partial charge in [-0.1, -0.05) is 28.1 Å². The molecule has 2 aromatic rings. The number of halogens is 1. The molecule has 1 aromatic carbocycles. The quantitative estimate of drug-likeness (QED) is 0.941. The van der Waals surface area contributed by atoms with E-state index in [2.05, 4.69) is 33.0 Å². The zero-order valence-corrected chi connectivity index (χ0v) is 11.4. The second-order valence-corrected chi connectivity index (χ2v) is 5.81. The molecule has 2 nitrogen and oxygen atoms in total. The maximum Gasteiger partial charge on any atom is 0.0972 e. The Morgan fingerprint density at radius 2 is 2.31 bits per heavy atom. The van der Waals surface area contributed by atoms with E-state index in [-0.39, 0.29) is 6.04 Å². The summed E-state index contributed by atoms with van der Waals surface area (Å²) in [5.41, 5.74) is 7.07. The first-order valence-electron chi connectivity index (χ1n) is 5.10. The normalized spacial score (nSPS) is 12.7. The molecule has 0 saturated heterocycles. The van der Waals surface area contributed by atoms with Gasteiger partial charge in [0.15, 0.2) is 0 Å². The van der Waals surface area contributed by atoms with Gasteiger partial charge in [0.25, 0.3) is 0 Å². The number of hydrogen-bond donors (Lipinski definition) is 1. The van der Waals surface area contributed by atoms with Gasteiger partial charge in [-0.15, -0.1) is 11.3 Å². The molecule has 1 unspecified atom stereocenters. The second-order valence-electron chi connectivity index (χ2n) is 3.75. The summed E-state index contributed by atoms with van der Waals surface area (Å²) in [7, 11) is 0. The summed E-state index contributed by atoms with van der Waals surface area (Å²) in [4.78, 5) is 5.53. The molecule has 2 rings (SSSR count). The third kappa shape index (κ3) is 2.90. The Balaban J connectivity index is 2.14. The van der Waals surface area contributed by atoms with E-state index in [1.807, 2.05) is 25.3 Å². The zero-order chi connectivity index (χ0) is 11.5. The molecule has 0 amide bonds. The van der Waals surface area contributed by atoms with Crippen molar-refractivity contribution < 1.29 is 0 Å². The summed E-state index contributed by atoms with van der Waals surface area (Å²) >= 11 is 5.16. The van der Waals surface area contributed by atoms with Crippen LogP contribution in [0.3, 0.4) is 0 Å². The van der Waals surface area contributed by atoms with Crippen LogP contribution in [0.25, 0.3) is 0 Å². The number of hydrogen-bond acceptors (Lipinski definition) is 3. The lowest BCUT2D eigenvalue weighted by molar-refractivity contribution is 0.835. The first-order chi connectivity index (χ1) is 7.65. The second kappa shape index (κ2) is 5.08. The standard InChI is InChI=1S/C12H13BrN2S/c1-8(14)11-7-15-12(16-11)6-9-3-2-4-10(13)5-9/h2-5,7-8H,6,14H2,1H3. The van der Waals surface area contributed by atoms with Gasteiger partial charge in [-0.25, -0.2) is 4.98 Å². The molecule has 0 saturated carbocycles. The fraction of sp³-hybridized carbons (Fsp3) is 0.250. The first kappa shape index (κ1) is 11.8. The van der Waals surface area contributed by atoms with Gasteiger partial charge in [-0.05, 0) is 24.6 Å². The molecule has 1 atom stereocenters. The van der Waals surface area contributed by atoms with E-state index in [1.54, 1.807) is 11.3 Å². The van der Waals surface area contributed by atoms with E-state index in [9.17, 15) is 0 Å². The summed E-state index contributed by atoms with van der Waals surface area (Å²) in [5, 5.41) is 1.12. The van der Waals surface area contributed by atoms with E-state index in [0.29, 0.717) is 0 Å². The summed E-state index contributed by atoms with van der Waals surface area (Å²) in [5.74, 6) is 0. The molecule has 0 radical (unpaired) electrons. The van der Waals surface area contributed by atoms with Crippen LogP contribution in [-0.2, 0) is 6.42 Å². The lowest BCUT2D eigenvalue weighted by atomic mass is 10.2. The molecule has 0 bridgehead atoms. The Labute approximate surface area is 108 Å². The van der Waals surface area contributed by atoms with Crippen molar-refractivity contribution in [1.82, 2.24) is 4.98 Å². The SMILES string of the molecule is CC(N)c1cnc(Cc2cccc(Br)c2)s1. The van der Waals surface area contributed by atoms with E-state index in [4.69, 9.17) is 5.73 Å². The van der Waals surface area contributed by atoms with Crippen LogP contribution in [0.15, 0.2) is 34.9 Å². The molecular weight excluding hydrogens is 284 g/mol. The minimum Gasteiger partial charge on any atom is -0.323 e. The summed E-state index contributed by atoms with van der Waals surface area (Å²) < 4.78 is 1.11. The van der Waals surface area contributed by atoms with Crippen molar-refractivity contribution in [2.75, 3.05) is 0 Å². The number of rotatable bonds is 3. The fourth-order valence-corrected chi connectivity index (χ4v) is 2.79. The Kier molecular flexibility index (Phi) is 3.74. The highest BCUT2D eigenvalue weighted by Crippen LogP contribution is 2.22. The van der Waals surface area contributed by atoms with Gasteiger partial charge in [0, 0.05) is 28.0 Å². The van der Waals surface area contributed by atoms with Gasteiger partial charge in [0.1, 0.15) is 0 Å². The molecular formula is C12H13BrN2S. The van der Waals surface area contributed by atoms with E-state index in [0.717, 1.165) is 20.8 Å². The van der Waals surface area contributed by atoms with Crippen molar-refractivity contribution in [1.29, 1.82) is 0 Å².